The monoisotopic (exact) mass is 418 g/mol. The zero-order chi connectivity index (χ0) is 21.9. The number of nitrogens with two attached hydrogens (primary N) is 1. The van der Waals surface area contributed by atoms with Gasteiger partial charge in [0.2, 0.25) is 0 Å². The molecule has 3 aromatic rings. The molecule has 0 aromatic heterocycles. The lowest BCUT2D eigenvalue weighted by molar-refractivity contribution is 0.134. The Kier molecular flexibility index (Phi) is 8.18. The first kappa shape index (κ1) is 22.5. The molecule has 0 heterocycles. The van der Waals surface area contributed by atoms with E-state index in [-0.39, 0.29) is 0 Å². The van der Waals surface area contributed by atoms with E-state index >= 15 is 0 Å². The van der Waals surface area contributed by atoms with Crippen LogP contribution in [0.25, 0.3) is 0 Å². The Hall–Kier alpha value is -3.19. The highest BCUT2D eigenvalue weighted by Crippen LogP contribution is 2.36. The van der Waals surface area contributed by atoms with E-state index < -0.39 is 11.6 Å². The van der Waals surface area contributed by atoms with Crippen molar-refractivity contribution < 1.29 is 9.53 Å². The van der Waals surface area contributed by atoms with Gasteiger partial charge in [0.1, 0.15) is 0 Å². The fourth-order valence-electron chi connectivity index (χ4n) is 3.69. The van der Waals surface area contributed by atoms with Crippen molar-refractivity contribution in [3.05, 3.63) is 107 Å². The summed E-state index contributed by atoms with van der Waals surface area (Å²) in [6.07, 6.45) is 0. The van der Waals surface area contributed by atoms with Crippen molar-refractivity contribution in [3.63, 3.8) is 0 Å². The number of benzene rings is 3. The maximum Gasteiger partial charge on any atom is 0.328 e. The molecular weight excluding hydrogens is 388 g/mol. The fourth-order valence-corrected chi connectivity index (χ4v) is 3.69. The van der Waals surface area contributed by atoms with Crippen LogP contribution in [0, 0.1) is 6.92 Å². The van der Waals surface area contributed by atoms with E-state index in [4.69, 9.17) is 10.6 Å². The van der Waals surface area contributed by atoms with Gasteiger partial charge in [-0.05, 0) is 23.6 Å². The van der Waals surface area contributed by atoms with Crippen LogP contribution in [-0.4, -0.2) is 32.3 Å². The Morgan fingerprint density at radius 3 is 1.87 bits per heavy atom. The number of hydrazine groups is 1. The second-order valence-corrected chi connectivity index (χ2v) is 7.29. The number of amides is 2. The summed E-state index contributed by atoms with van der Waals surface area (Å²) in [5.74, 6) is 5.04. The number of hydrogen-bond acceptors (Lipinski definition) is 4. The molecule has 5 N–H and O–H groups in total. The summed E-state index contributed by atoms with van der Waals surface area (Å²) in [5, 5.41) is 6.37. The fraction of sp³-hybridized carbons (Fsp3) is 0.240. The third-order valence-corrected chi connectivity index (χ3v) is 5.20. The minimum atomic E-state index is -0.517. The van der Waals surface area contributed by atoms with Crippen molar-refractivity contribution in [1.82, 2.24) is 16.1 Å². The standard InChI is InChI=1S/C25H30N4O2/c1-20-12-14-23(15-13-20)25(21-8-4-2-5-9-21,22-10-6-3-7-11-22)28-17-19-31-18-16-27-24(30)29-26/h2-15,28H,16-19,26H2,1H3,(H2,27,29,30). The Bertz CT molecular complexity index is 891. The zero-order valence-electron chi connectivity index (χ0n) is 17.8. The first-order valence-electron chi connectivity index (χ1n) is 10.4. The number of hydrogen-bond donors (Lipinski definition) is 4. The molecule has 6 nitrogen and oxygen atoms in total. The van der Waals surface area contributed by atoms with E-state index in [0.29, 0.717) is 26.3 Å². The molecule has 0 saturated heterocycles. The van der Waals surface area contributed by atoms with Crippen LogP contribution in [-0.2, 0) is 10.3 Å². The summed E-state index contributed by atoms with van der Waals surface area (Å²) < 4.78 is 5.70. The van der Waals surface area contributed by atoms with Gasteiger partial charge in [0.05, 0.1) is 18.8 Å². The lowest BCUT2D eigenvalue weighted by Crippen LogP contribution is -2.46. The summed E-state index contributed by atoms with van der Waals surface area (Å²) in [5.41, 5.74) is 6.21. The van der Waals surface area contributed by atoms with Gasteiger partial charge >= 0.3 is 6.03 Å². The summed E-state index contributed by atoms with van der Waals surface area (Å²) >= 11 is 0. The van der Waals surface area contributed by atoms with Crippen molar-refractivity contribution >= 4 is 6.03 Å². The van der Waals surface area contributed by atoms with Crippen molar-refractivity contribution in [2.75, 3.05) is 26.3 Å². The molecule has 0 bridgehead atoms. The molecule has 6 heteroatoms. The highest BCUT2D eigenvalue weighted by Gasteiger charge is 2.35. The molecule has 3 aromatic carbocycles. The molecule has 0 radical (unpaired) electrons. The number of ether oxygens (including phenoxy) is 1. The summed E-state index contributed by atoms with van der Waals surface area (Å²) in [6.45, 7) is 4.02. The van der Waals surface area contributed by atoms with Gasteiger partial charge < -0.3 is 10.1 Å². The number of aryl methyl sites for hydroxylation is 1. The summed E-state index contributed by atoms with van der Waals surface area (Å²) in [7, 11) is 0. The third kappa shape index (κ3) is 5.70. The second-order valence-electron chi connectivity index (χ2n) is 7.29. The van der Waals surface area contributed by atoms with Gasteiger partial charge in [0, 0.05) is 13.1 Å². The molecule has 0 aliphatic rings. The number of nitrogens with one attached hydrogen (secondary N) is 3. The number of carbonyl (C=O) groups excluding carboxylic acids is 1. The molecular formula is C25H30N4O2. The summed E-state index contributed by atoms with van der Waals surface area (Å²) in [4.78, 5) is 11.1. The quantitative estimate of drug-likeness (QED) is 0.134. The van der Waals surface area contributed by atoms with Gasteiger partial charge in [-0.1, -0.05) is 90.5 Å². The zero-order valence-corrected chi connectivity index (χ0v) is 17.8. The molecule has 31 heavy (non-hydrogen) atoms. The maximum atomic E-state index is 11.1. The molecule has 0 aliphatic heterocycles. The Morgan fingerprint density at radius 2 is 1.32 bits per heavy atom. The molecule has 162 valence electrons. The van der Waals surface area contributed by atoms with Crippen LogP contribution >= 0.6 is 0 Å². The first-order chi connectivity index (χ1) is 15.2. The van der Waals surface area contributed by atoms with E-state index in [1.165, 1.54) is 5.56 Å². The lowest BCUT2D eigenvalue weighted by atomic mass is 9.77. The van der Waals surface area contributed by atoms with Crippen LogP contribution in [0.1, 0.15) is 22.3 Å². The molecule has 3 rings (SSSR count). The van der Waals surface area contributed by atoms with E-state index in [1.807, 2.05) is 17.6 Å². The highest BCUT2D eigenvalue weighted by atomic mass is 16.5. The largest absolute Gasteiger partial charge is 0.378 e. The summed E-state index contributed by atoms with van der Waals surface area (Å²) in [6, 6.07) is 29.1. The number of rotatable bonds is 10. The van der Waals surface area contributed by atoms with Gasteiger partial charge in [-0.2, -0.15) is 0 Å². The average Bonchev–Trinajstić information content (AvgIpc) is 2.83. The van der Waals surface area contributed by atoms with Crippen molar-refractivity contribution in [3.8, 4) is 0 Å². The third-order valence-electron chi connectivity index (χ3n) is 5.20. The van der Waals surface area contributed by atoms with Crippen LogP contribution in [0.4, 0.5) is 4.79 Å². The molecule has 0 spiro atoms. The van der Waals surface area contributed by atoms with Gasteiger partial charge in [0.15, 0.2) is 0 Å². The van der Waals surface area contributed by atoms with Crippen LogP contribution in [0.15, 0.2) is 84.9 Å². The number of carbonyl (C=O) groups is 1. The predicted molar refractivity (Wildman–Crippen MR) is 123 cm³/mol. The van der Waals surface area contributed by atoms with E-state index in [2.05, 4.69) is 90.4 Å². The van der Waals surface area contributed by atoms with E-state index in [1.54, 1.807) is 0 Å². The minimum Gasteiger partial charge on any atom is -0.378 e. The molecule has 0 saturated carbocycles. The van der Waals surface area contributed by atoms with Crippen molar-refractivity contribution in [2.24, 2.45) is 5.84 Å². The highest BCUT2D eigenvalue weighted by molar-refractivity contribution is 5.72. The van der Waals surface area contributed by atoms with Crippen LogP contribution in [0.2, 0.25) is 0 Å². The SMILES string of the molecule is Cc1ccc(C(NCCOCCNC(=O)NN)(c2ccccc2)c2ccccc2)cc1. The van der Waals surface area contributed by atoms with Gasteiger partial charge in [0.25, 0.3) is 0 Å². The molecule has 0 unspecified atom stereocenters. The predicted octanol–water partition coefficient (Wildman–Crippen LogP) is 3.07. The van der Waals surface area contributed by atoms with E-state index in [0.717, 1.165) is 16.7 Å². The first-order valence-corrected chi connectivity index (χ1v) is 10.4. The van der Waals surface area contributed by atoms with Crippen molar-refractivity contribution in [2.45, 2.75) is 12.5 Å². The van der Waals surface area contributed by atoms with Gasteiger partial charge in [-0.3, -0.25) is 10.7 Å². The minimum absolute atomic E-state index is 0.392. The van der Waals surface area contributed by atoms with Gasteiger partial charge in [-0.15, -0.1) is 0 Å². The smallest absolute Gasteiger partial charge is 0.328 e. The van der Waals surface area contributed by atoms with Crippen LogP contribution in [0.3, 0.4) is 0 Å². The second kappa shape index (κ2) is 11.3. The van der Waals surface area contributed by atoms with Crippen LogP contribution in [0.5, 0.6) is 0 Å². The molecule has 2 amide bonds. The topological polar surface area (TPSA) is 88.4 Å². The molecule has 0 fully saturated rings. The Morgan fingerprint density at radius 1 is 0.806 bits per heavy atom. The van der Waals surface area contributed by atoms with Crippen molar-refractivity contribution in [1.29, 1.82) is 0 Å². The van der Waals surface area contributed by atoms with Crippen LogP contribution < -0.4 is 21.9 Å². The van der Waals surface area contributed by atoms with E-state index in [9.17, 15) is 4.79 Å². The molecule has 0 aliphatic carbocycles. The number of urea groups is 1. The Balaban J connectivity index is 1.84. The lowest BCUT2D eigenvalue weighted by Gasteiger charge is -2.37. The normalized spacial score (nSPS) is 11.2. The Labute approximate surface area is 183 Å². The average molecular weight is 419 g/mol. The maximum absolute atomic E-state index is 11.1. The van der Waals surface area contributed by atoms with Gasteiger partial charge in [-0.25, -0.2) is 10.6 Å². The molecule has 0 atom stereocenters.